The lowest BCUT2D eigenvalue weighted by molar-refractivity contribution is -0.211. The van der Waals surface area contributed by atoms with Gasteiger partial charge in [-0.05, 0) is 19.1 Å². The standard InChI is InChI=1S/C16H20O6/c1-10(17)15(18)8-11-12(19-2)4-5-13(20-3)14(11)16(9-15)21-6-7-22-16/h4-5,18H,6-9H2,1-3H3. The number of carbonyl (C=O) groups excluding carboxylic acids is 1. The number of ketones is 1. The molecule has 1 aliphatic carbocycles. The minimum Gasteiger partial charge on any atom is -0.496 e. The third-order valence-corrected chi connectivity index (χ3v) is 4.46. The molecule has 0 radical (unpaired) electrons. The van der Waals surface area contributed by atoms with Crippen LogP contribution in [0.1, 0.15) is 24.5 Å². The predicted molar refractivity (Wildman–Crippen MR) is 77.1 cm³/mol. The van der Waals surface area contributed by atoms with Crippen LogP contribution in [0.15, 0.2) is 12.1 Å². The number of rotatable bonds is 3. The summed E-state index contributed by atoms with van der Waals surface area (Å²) in [6.07, 6.45) is 0.193. The second kappa shape index (κ2) is 5.22. The monoisotopic (exact) mass is 308 g/mol. The van der Waals surface area contributed by atoms with Crippen LogP contribution in [0, 0.1) is 0 Å². The number of ether oxygens (including phenoxy) is 4. The average Bonchev–Trinajstić information content (AvgIpc) is 2.94. The summed E-state index contributed by atoms with van der Waals surface area (Å²) in [5.74, 6) is -0.313. The average molecular weight is 308 g/mol. The zero-order chi connectivity index (χ0) is 16.0. The highest BCUT2D eigenvalue weighted by Crippen LogP contribution is 2.51. The Labute approximate surface area is 128 Å². The number of Topliss-reactive ketones (excluding diaryl/α,β-unsaturated/α-hetero) is 1. The molecule has 1 aromatic carbocycles. The Morgan fingerprint density at radius 3 is 2.32 bits per heavy atom. The van der Waals surface area contributed by atoms with Crippen molar-refractivity contribution in [2.45, 2.75) is 31.2 Å². The molecule has 0 aromatic heterocycles. The molecule has 1 unspecified atom stereocenters. The molecule has 2 aliphatic rings. The Bertz CT molecular complexity index is 605. The fourth-order valence-electron chi connectivity index (χ4n) is 3.34. The highest BCUT2D eigenvalue weighted by atomic mass is 16.7. The second-order valence-corrected chi connectivity index (χ2v) is 5.71. The maximum atomic E-state index is 12.0. The van der Waals surface area contributed by atoms with Gasteiger partial charge in [-0.25, -0.2) is 0 Å². The molecule has 1 fully saturated rings. The van der Waals surface area contributed by atoms with Crippen LogP contribution in [-0.2, 0) is 26.5 Å². The number of benzene rings is 1. The number of hydrogen-bond donors (Lipinski definition) is 1. The van der Waals surface area contributed by atoms with Gasteiger partial charge in [-0.1, -0.05) is 0 Å². The summed E-state index contributed by atoms with van der Waals surface area (Å²) in [7, 11) is 3.11. The van der Waals surface area contributed by atoms with Gasteiger partial charge in [0, 0.05) is 18.4 Å². The molecular weight excluding hydrogens is 288 g/mol. The number of methoxy groups -OCH3 is 2. The number of carbonyl (C=O) groups is 1. The van der Waals surface area contributed by atoms with Crippen molar-refractivity contribution in [1.82, 2.24) is 0 Å². The molecule has 6 nitrogen and oxygen atoms in total. The van der Waals surface area contributed by atoms with Crippen molar-refractivity contribution in [3.63, 3.8) is 0 Å². The van der Waals surface area contributed by atoms with Crippen molar-refractivity contribution in [3.05, 3.63) is 23.3 Å². The molecule has 3 rings (SSSR count). The van der Waals surface area contributed by atoms with Crippen molar-refractivity contribution < 1.29 is 28.8 Å². The third kappa shape index (κ3) is 2.10. The van der Waals surface area contributed by atoms with Gasteiger partial charge in [-0.15, -0.1) is 0 Å². The first kappa shape index (κ1) is 15.3. The van der Waals surface area contributed by atoms with Crippen molar-refractivity contribution in [2.24, 2.45) is 0 Å². The summed E-state index contributed by atoms with van der Waals surface area (Å²) in [5, 5.41) is 10.8. The van der Waals surface area contributed by atoms with Crippen LogP contribution in [0.3, 0.4) is 0 Å². The van der Waals surface area contributed by atoms with E-state index in [4.69, 9.17) is 18.9 Å². The smallest absolute Gasteiger partial charge is 0.202 e. The fraction of sp³-hybridized carbons (Fsp3) is 0.562. The fourth-order valence-corrected chi connectivity index (χ4v) is 3.34. The SMILES string of the molecule is COc1ccc(OC)c2c1CC(O)(C(C)=O)CC21OCCO1. The van der Waals surface area contributed by atoms with Gasteiger partial charge in [0.1, 0.15) is 17.1 Å². The van der Waals surface area contributed by atoms with Crippen LogP contribution in [0.4, 0.5) is 0 Å². The molecule has 120 valence electrons. The Morgan fingerprint density at radius 1 is 1.18 bits per heavy atom. The Morgan fingerprint density at radius 2 is 1.77 bits per heavy atom. The van der Waals surface area contributed by atoms with E-state index in [1.54, 1.807) is 26.4 Å². The van der Waals surface area contributed by atoms with Crippen LogP contribution in [0.2, 0.25) is 0 Å². The quantitative estimate of drug-likeness (QED) is 0.903. The Hall–Kier alpha value is -1.63. The lowest BCUT2D eigenvalue weighted by Crippen LogP contribution is -2.51. The topological polar surface area (TPSA) is 74.2 Å². The highest BCUT2D eigenvalue weighted by molar-refractivity contribution is 5.86. The molecule has 0 amide bonds. The van der Waals surface area contributed by atoms with Crippen molar-refractivity contribution in [1.29, 1.82) is 0 Å². The van der Waals surface area contributed by atoms with Gasteiger partial charge in [-0.2, -0.15) is 0 Å². The molecule has 6 heteroatoms. The third-order valence-electron chi connectivity index (χ3n) is 4.46. The summed E-state index contributed by atoms with van der Waals surface area (Å²) in [4.78, 5) is 12.0. The predicted octanol–water partition coefficient (Wildman–Crippen LogP) is 1.17. The number of hydrogen-bond acceptors (Lipinski definition) is 6. The van der Waals surface area contributed by atoms with Crippen molar-refractivity contribution in [3.8, 4) is 11.5 Å². The number of fused-ring (bicyclic) bond motifs is 2. The summed E-state index contributed by atoms with van der Waals surface area (Å²) < 4.78 is 22.5. The number of aliphatic hydroxyl groups is 1. The van der Waals surface area contributed by atoms with E-state index in [0.717, 1.165) is 0 Å². The van der Waals surface area contributed by atoms with E-state index in [1.165, 1.54) is 6.92 Å². The molecule has 0 saturated carbocycles. The first-order chi connectivity index (χ1) is 10.5. The largest absolute Gasteiger partial charge is 0.496 e. The van der Waals surface area contributed by atoms with Gasteiger partial charge in [0.05, 0.1) is 33.0 Å². The van der Waals surface area contributed by atoms with E-state index in [0.29, 0.717) is 35.8 Å². The molecule has 1 atom stereocenters. The van der Waals surface area contributed by atoms with Crippen LogP contribution in [-0.4, -0.2) is 43.9 Å². The molecule has 1 N–H and O–H groups in total. The first-order valence-electron chi connectivity index (χ1n) is 7.21. The minimum atomic E-state index is -1.54. The van der Waals surface area contributed by atoms with Crippen LogP contribution in [0.5, 0.6) is 11.5 Å². The summed E-state index contributed by atoms with van der Waals surface area (Å²) in [6, 6.07) is 3.54. The molecule has 1 aliphatic heterocycles. The molecule has 1 saturated heterocycles. The summed E-state index contributed by atoms with van der Waals surface area (Å²) in [6.45, 7) is 2.17. The van der Waals surface area contributed by atoms with E-state index in [2.05, 4.69) is 0 Å². The van der Waals surface area contributed by atoms with E-state index < -0.39 is 11.4 Å². The maximum absolute atomic E-state index is 12.0. The maximum Gasteiger partial charge on any atom is 0.202 e. The summed E-state index contributed by atoms with van der Waals surface area (Å²) >= 11 is 0. The van der Waals surface area contributed by atoms with Gasteiger partial charge in [0.25, 0.3) is 0 Å². The second-order valence-electron chi connectivity index (χ2n) is 5.71. The Kier molecular flexibility index (Phi) is 3.63. The molecule has 1 heterocycles. The lowest BCUT2D eigenvalue weighted by Gasteiger charge is -2.42. The van der Waals surface area contributed by atoms with Crippen molar-refractivity contribution >= 4 is 5.78 Å². The van der Waals surface area contributed by atoms with Gasteiger partial charge in [0.15, 0.2) is 5.78 Å². The van der Waals surface area contributed by atoms with Gasteiger partial charge in [0.2, 0.25) is 5.79 Å². The van der Waals surface area contributed by atoms with E-state index in [9.17, 15) is 9.90 Å². The molecular formula is C16H20O6. The molecule has 1 spiro atoms. The summed E-state index contributed by atoms with van der Waals surface area (Å²) in [5.41, 5.74) is -0.151. The van der Waals surface area contributed by atoms with Crippen molar-refractivity contribution in [2.75, 3.05) is 27.4 Å². The van der Waals surface area contributed by atoms with Crippen LogP contribution < -0.4 is 9.47 Å². The zero-order valence-corrected chi connectivity index (χ0v) is 13.0. The zero-order valence-electron chi connectivity index (χ0n) is 13.0. The lowest BCUT2D eigenvalue weighted by atomic mass is 9.74. The van der Waals surface area contributed by atoms with E-state index >= 15 is 0 Å². The highest BCUT2D eigenvalue weighted by Gasteiger charge is 2.55. The van der Waals surface area contributed by atoms with Crippen LogP contribution in [0.25, 0.3) is 0 Å². The molecule has 0 bridgehead atoms. The van der Waals surface area contributed by atoms with E-state index in [1.807, 2.05) is 0 Å². The normalized spacial score (nSPS) is 25.8. The van der Waals surface area contributed by atoms with Gasteiger partial charge < -0.3 is 24.1 Å². The Balaban J connectivity index is 2.25. The van der Waals surface area contributed by atoms with E-state index in [-0.39, 0.29) is 18.6 Å². The van der Waals surface area contributed by atoms with Gasteiger partial charge in [-0.3, -0.25) is 4.79 Å². The first-order valence-corrected chi connectivity index (χ1v) is 7.21. The van der Waals surface area contributed by atoms with Gasteiger partial charge >= 0.3 is 0 Å². The molecule has 1 aromatic rings. The van der Waals surface area contributed by atoms with Crippen LogP contribution >= 0.6 is 0 Å². The minimum absolute atomic E-state index is 0.0475. The molecule has 22 heavy (non-hydrogen) atoms.